The van der Waals surface area contributed by atoms with Crippen LogP contribution in [0.5, 0.6) is 0 Å². The van der Waals surface area contributed by atoms with Crippen LogP contribution in [0.2, 0.25) is 0 Å². The lowest BCUT2D eigenvalue weighted by atomic mass is 9.98. The number of hydrogen-bond donors (Lipinski definition) is 2. The molecule has 3 N–H and O–H groups in total. The molecule has 3 aromatic carbocycles. The van der Waals surface area contributed by atoms with E-state index in [1.165, 1.54) is 24.0 Å². The van der Waals surface area contributed by atoms with Crippen LogP contribution < -0.4 is 5.73 Å². The first kappa shape index (κ1) is 24.5. The van der Waals surface area contributed by atoms with E-state index in [9.17, 15) is 0 Å². The predicted molar refractivity (Wildman–Crippen MR) is 145 cm³/mol. The van der Waals surface area contributed by atoms with Crippen molar-refractivity contribution in [2.45, 2.75) is 52.1 Å². The van der Waals surface area contributed by atoms with Crippen molar-refractivity contribution in [3.63, 3.8) is 0 Å². The smallest absolute Gasteiger partial charge is 0.205 e. The van der Waals surface area contributed by atoms with E-state index < -0.39 is 0 Å². The Morgan fingerprint density at radius 1 is 0.838 bits per heavy atom. The van der Waals surface area contributed by atoms with Gasteiger partial charge in [-0.15, -0.1) is 10.2 Å². The maximum atomic E-state index is 5.77. The highest BCUT2D eigenvalue weighted by Crippen LogP contribution is 2.29. The lowest BCUT2D eigenvalue weighted by Crippen LogP contribution is -2.08. The summed E-state index contributed by atoms with van der Waals surface area (Å²) in [6.45, 7) is 3.43. The van der Waals surface area contributed by atoms with E-state index in [0.29, 0.717) is 18.9 Å². The van der Waals surface area contributed by atoms with Crippen LogP contribution in [0.25, 0.3) is 22.5 Å². The third-order valence-corrected chi connectivity index (χ3v) is 6.53. The summed E-state index contributed by atoms with van der Waals surface area (Å²) in [5.74, 6) is 2.49. The van der Waals surface area contributed by atoms with Crippen molar-refractivity contribution in [2.24, 2.45) is 5.73 Å². The number of nitrogens with zero attached hydrogens (tertiary/aromatic N) is 6. The van der Waals surface area contributed by atoms with Gasteiger partial charge in [0.15, 0.2) is 5.82 Å². The molecule has 0 amide bonds. The molecule has 0 spiro atoms. The Morgan fingerprint density at radius 3 is 2.27 bits per heavy atom. The van der Waals surface area contributed by atoms with Gasteiger partial charge in [-0.05, 0) is 39.5 Å². The summed E-state index contributed by atoms with van der Waals surface area (Å²) in [6, 6.07) is 25.1. The Labute approximate surface area is 217 Å². The Hall–Kier alpha value is -4.17. The molecule has 188 valence electrons. The van der Waals surface area contributed by atoms with Crippen LogP contribution in [0.1, 0.15) is 54.5 Å². The fraction of sp³-hybridized carbons (Fsp3) is 0.276. The largest absolute Gasteiger partial charge is 0.326 e. The molecule has 8 heteroatoms. The Bertz CT molecular complexity index is 1400. The summed E-state index contributed by atoms with van der Waals surface area (Å²) in [6.07, 6.45) is 5.13. The summed E-state index contributed by atoms with van der Waals surface area (Å²) < 4.78 is 2.06. The lowest BCUT2D eigenvalue weighted by Gasteiger charge is -2.10. The third-order valence-electron chi connectivity index (χ3n) is 6.53. The Kier molecular flexibility index (Phi) is 7.76. The molecule has 8 nitrogen and oxygen atoms in total. The maximum Gasteiger partial charge on any atom is 0.205 e. The van der Waals surface area contributed by atoms with E-state index >= 15 is 0 Å². The molecular formula is C29H32N8. The lowest BCUT2D eigenvalue weighted by molar-refractivity contribution is 0.631. The van der Waals surface area contributed by atoms with Crippen molar-refractivity contribution < 1.29 is 0 Å². The summed E-state index contributed by atoms with van der Waals surface area (Å²) >= 11 is 0. The van der Waals surface area contributed by atoms with Gasteiger partial charge in [0.2, 0.25) is 5.82 Å². The maximum absolute atomic E-state index is 5.77. The van der Waals surface area contributed by atoms with Crippen molar-refractivity contribution in [3.05, 3.63) is 101 Å². The van der Waals surface area contributed by atoms with Crippen molar-refractivity contribution in [1.82, 2.24) is 35.4 Å². The monoisotopic (exact) mass is 492 g/mol. The third kappa shape index (κ3) is 5.98. The first-order valence-electron chi connectivity index (χ1n) is 12.9. The molecule has 0 saturated heterocycles. The molecule has 0 aliphatic heterocycles. The van der Waals surface area contributed by atoms with Gasteiger partial charge in [0.25, 0.3) is 0 Å². The molecule has 0 saturated carbocycles. The Balaban J connectivity index is 1.38. The molecule has 2 aromatic heterocycles. The minimum absolute atomic E-state index is 0.549. The van der Waals surface area contributed by atoms with Crippen molar-refractivity contribution in [1.29, 1.82) is 0 Å². The highest BCUT2D eigenvalue weighted by atomic mass is 15.5. The number of benzene rings is 3. The van der Waals surface area contributed by atoms with E-state index in [2.05, 4.69) is 86.8 Å². The Morgan fingerprint density at radius 2 is 1.57 bits per heavy atom. The second kappa shape index (κ2) is 11.7. The molecule has 5 rings (SSSR count). The van der Waals surface area contributed by atoms with Gasteiger partial charge in [-0.1, -0.05) is 92.6 Å². The number of aromatic amines is 1. The molecule has 2 heterocycles. The number of H-pyrrole nitrogens is 1. The van der Waals surface area contributed by atoms with Gasteiger partial charge in [0.1, 0.15) is 5.82 Å². The highest BCUT2D eigenvalue weighted by molar-refractivity contribution is 5.80. The van der Waals surface area contributed by atoms with E-state index in [1.54, 1.807) is 0 Å². The minimum Gasteiger partial charge on any atom is -0.326 e. The number of rotatable bonds is 11. The van der Waals surface area contributed by atoms with E-state index in [0.717, 1.165) is 53.2 Å². The predicted octanol–water partition coefficient (Wildman–Crippen LogP) is 4.96. The van der Waals surface area contributed by atoms with Crippen LogP contribution in [0, 0.1) is 0 Å². The van der Waals surface area contributed by atoms with Crippen molar-refractivity contribution in [2.75, 3.05) is 0 Å². The molecule has 0 aliphatic carbocycles. The molecular weight excluding hydrogens is 460 g/mol. The fourth-order valence-corrected chi connectivity index (χ4v) is 4.47. The van der Waals surface area contributed by atoms with Crippen LogP contribution in [0.3, 0.4) is 0 Å². The fourth-order valence-electron chi connectivity index (χ4n) is 4.47. The van der Waals surface area contributed by atoms with Crippen molar-refractivity contribution in [3.8, 4) is 22.5 Å². The van der Waals surface area contributed by atoms with Crippen LogP contribution in [0.4, 0.5) is 0 Å². The average molecular weight is 493 g/mol. The SMILES string of the molecule is CCCCCc1nc(Cc2ccc(CN)cc2)n(Cc2ccc(-c3ccccc3-c3nn[nH]n3)cc2)n1. The number of hydrogen-bond acceptors (Lipinski definition) is 6. The minimum atomic E-state index is 0.549. The first-order valence-corrected chi connectivity index (χ1v) is 12.9. The molecule has 0 bridgehead atoms. The molecule has 0 atom stereocenters. The average Bonchev–Trinajstić information content (AvgIpc) is 3.60. The summed E-state index contributed by atoms with van der Waals surface area (Å²) in [7, 11) is 0. The highest BCUT2D eigenvalue weighted by Gasteiger charge is 2.13. The zero-order chi connectivity index (χ0) is 25.5. The van der Waals surface area contributed by atoms with Gasteiger partial charge in [-0.2, -0.15) is 10.3 Å². The number of aromatic nitrogens is 7. The van der Waals surface area contributed by atoms with Crippen molar-refractivity contribution >= 4 is 0 Å². The van der Waals surface area contributed by atoms with Crippen LogP contribution in [-0.4, -0.2) is 35.4 Å². The standard InChI is InChI=1S/C29H32N8/c1-2-3-4-9-27-31-28(18-21-10-12-22(19-30)13-11-21)37(34-27)20-23-14-16-24(17-15-23)25-7-5-6-8-26(25)29-32-35-36-33-29/h5-8,10-17H,2-4,9,18-20,30H2,1H3,(H,32,33,35,36). The van der Waals surface area contributed by atoms with Gasteiger partial charge in [-0.25, -0.2) is 9.67 Å². The molecule has 0 unspecified atom stereocenters. The number of aryl methyl sites for hydroxylation is 1. The number of unbranched alkanes of at least 4 members (excludes halogenated alkanes) is 2. The van der Waals surface area contributed by atoms with Gasteiger partial charge in [0, 0.05) is 24.9 Å². The molecule has 5 aromatic rings. The molecule has 37 heavy (non-hydrogen) atoms. The van der Waals surface area contributed by atoms with Gasteiger partial charge >= 0.3 is 0 Å². The van der Waals surface area contributed by atoms with E-state index in [1.807, 2.05) is 18.2 Å². The van der Waals surface area contributed by atoms with Crippen LogP contribution in [-0.2, 0) is 25.9 Å². The zero-order valence-electron chi connectivity index (χ0n) is 21.1. The quantitative estimate of drug-likeness (QED) is 0.252. The first-order chi connectivity index (χ1) is 18.2. The van der Waals surface area contributed by atoms with E-state index in [-0.39, 0.29) is 0 Å². The van der Waals surface area contributed by atoms with Crippen LogP contribution >= 0.6 is 0 Å². The van der Waals surface area contributed by atoms with E-state index in [4.69, 9.17) is 15.8 Å². The number of nitrogens with one attached hydrogen (secondary N) is 1. The second-order valence-electron chi connectivity index (χ2n) is 9.23. The van der Waals surface area contributed by atoms with Gasteiger partial charge < -0.3 is 5.73 Å². The summed E-state index contributed by atoms with van der Waals surface area (Å²) in [5, 5.41) is 19.5. The number of tetrazole rings is 1. The molecule has 0 aliphatic rings. The van der Waals surface area contributed by atoms with Gasteiger partial charge in [-0.3, -0.25) is 0 Å². The molecule has 0 fully saturated rings. The normalized spacial score (nSPS) is 11.2. The van der Waals surface area contributed by atoms with Crippen LogP contribution in [0.15, 0.2) is 72.8 Å². The zero-order valence-corrected chi connectivity index (χ0v) is 21.1. The summed E-state index contributed by atoms with van der Waals surface area (Å²) in [5.41, 5.74) is 12.4. The number of nitrogens with two attached hydrogens (primary N) is 1. The summed E-state index contributed by atoms with van der Waals surface area (Å²) in [4.78, 5) is 4.93. The second-order valence-corrected chi connectivity index (χ2v) is 9.23. The van der Waals surface area contributed by atoms with Gasteiger partial charge in [0.05, 0.1) is 6.54 Å². The molecule has 0 radical (unpaired) electrons. The topological polar surface area (TPSA) is 111 Å².